The van der Waals surface area contributed by atoms with Crippen molar-refractivity contribution >= 4 is 46.8 Å². The molecule has 2 saturated heterocycles. The first-order valence-electron chi connectivity index (χ1n) is 26.0. The first-order chi connectivity index (χ1) is 36.7. The summed E-state index contributed by atoms with van der Waals surface area (Å²) in [6.07, 6.45) is -2.47. The van der Waals surface area contributed by atoms with E-state index < -0.39 is 40.9 Å². The highest BCUT2D eigenvalue weighted by atomic mass is 35.5. The number of likely N-dealkylation sites (tertiary alicyclic amines) is 2. The van der Waals surface area contributed by atoms with Crippen LogP contribution in [0.15, 0.2) is 91.0 Å². The number of hydrogen-bond donors (Lipinski definition) is 2. The molecule has 4 aliphatic rings. The molecule has 424 valence electrons. The van der Waals surface area contributed by atoms with Crippen molar-refractivity contribution in [3.8, 4) is 17.2 Å². The maximum atomic E-state index is 14.1. The van der Waals surface area contributed by atoms with Crippen LogP contribution in [-0.4, -0.2) is 135 Å². The van der Waals surface area contributed by atoms with Gasteiger partial charge in [0.15, 0.2) is 0 Å². The van der Waals surface area contributed by atoms with Gasteiger partial charge in [-0.25, -0.2) is 0 Å². The van der Waals surface area contributed by atoms with Crippen LogP contribution >= 0.6 is 23.2 Å². The van der Waals surface area contributed by atoms with Crippen molar-refractivity contribution in [1.82, 2.24) is 19.6 Å². The molecular weight excluding hydrogens is 1070 g/mol. The van der Waals surface area contributed by atoms with E-state index in [2.05, 4.69) is 0 Å². The Morgan fingerprint density at radius 2 is 1.18 bits per heavy atom. The van der Waals surface area contributed by atoms with Crippen LogP contribution in [0.4, 0.5) is 26.3 Å². The lowest BCUT2D eigenvalue weighted by Gasteiger charge is -2.41. The van der Waals surface area contributed by atoms with Gasteiger partial charge in [-0.3, -0.25) is 19.2 Å². The van der Waals surface area contributed by atoms with Gasteiger partial charge in [0, 0.05) is 59.9 Å². The summed E-state index contributed by atoms with van der Waals surface area (Å²) >= 11 is 12.5. The van der Waals surface area contributed by atoms with Gasteiger partial charge in [-0.15, -0.1) is 0 Å². The van der Waals surface area contributed by atoms with Gasteiger partial charge < -0.3 is 44.7 Å². The minimum absolute atomic E-state index is 0.00374. The number of halogens is 8. The number of carbonyl (C=O) groups is 4. The number of carbonyl (C=O) groups excluding carboxylic acids is 4. The van der Waals surface area contributed by atoms with Crippen LogP contribution in [0.1, 0.15) is 96.1 Å². The molecule has 2 heterocycles. The summed E-state index contributed by atoms with van der Waals surface area (Å²) in [6, 6.07) is 21.9. The Balaban J connectivity index is 0.000000227. The molecule has 0 radical (unpaired) electrons. The molecule has 2 saturated carbocycles. The van der Waals surface area contributed by atoms with E-state index in [4.69, 9.17) is 43.1 Å². The Labute approximate surface area is 460 Å². The van der Waals surface area contributed by atoms with E-state index in [1.54, 1.807) is 70.7 Å². The summed E-state index contributed by atoms with van der Waals surface area (Å²) < 4.78 is 101. The molecule has 21 heteroatoms. The number of ether oxygens (including phenoxy) is 3. The van der Waals surface area contributed by atoms with Gasteiger partial charge in [-0.2, -0.15) is 26.3 Å². The van der Waals surface area contributed by atoms with Crippen LogP contribution in [0.3, 0.4) is 0 Å². The number of rotatable bonds is 14. The summed E-state index contributed by atoms with van der Waals surface area (Å²) in [5.74, 6) is -0.482. The summed E-state index contributed by atoms with van der Waals surface area (Å²) in [5.41, 5.74) is -0.895. The maximum Gasteiger partial charge on any atom is 0.430 e. The van der Waals surface area contributed by atoms with Gasteiger partial charge in [-0.05, 0) is 141 Å². The Morgan fingerprint density at radius 3 is 1.71 bits per heavy atom. The largest absolute Gasteiger partial charge is 0.497 e. The molecule has 2 aliphatic carbocycles. The summed E-state index contributed by atoms with van der Waals surface area (Å²) in [6.45, 7) is 1.25. The predicted octanol–water partition coefficient (Wildman–Crippen LogP) is 10.5. The lowest BCUT2D eigenvalue weighted by molar-refractivity contribution is -0.262. The van der Waals surface area contributed by atoms with Crippen LogP contribution in [0.5, 0.6) is 17.2 Å². The molecule has 13 nitrogen and oxygen atoms in total. The second kappa shape index (κ2) is 24.3. The smallest absolute Gasteiger partial charge is 0.430 e. The fourth-order valence-corrected chi connectivity index (χ4v) is 11.7. The van der Waals surface area contributed by atoms with Gasteiger partial charge in [0.25, 0.3) is 29.2 Å². The monoisotopic (exact) mass is 1130 g/mol. The van der Waals surface area contributed by atoms with Gasteiger partial charge in [0.2, 0.25) is 5.54 Å². The maximum absolute atomic E-state index is 14.1. The Morgan fingerprint density at radius 1 is 0.654 bits per heavy atom. The van der Waals surface area contributed by atoms with E-state index in [9.17, 15) is 50.6 Å². The zero-order chi connectivity index (χ0) is 57.0. The number of nitrogens with two attached hydrogens (primary N) is 1. The second-order valence-corrected chi connectivity index (χ2v) is 22.1. The second-order valence-electron chi connectivity index (χ2n) is 21.3. The van der Waals surface area contributed by atoms with Crippen molar-refractivity contribution in [3.63, 3.8) is 0 Å². The quantitative estimate of drug-likeness (QED) is 0.117. The molecule has 3 atom stereocenters. The van der Waals surface area contributed by atoms with E-state index in [0.29, 0.717) is 76.8 Å². The number of benzene rings is 4. The van der Waals surface area contributed by atoms with Crippen molar-refractivity contribution in [2.45, 2.75) is 93.8 Å². The summed E-state index contributed by atoms with van der Waals surface area (Å²) in [7, 11) is 7.93. The van der Waals surface area contributed by atoms with Gasteiger partial charge in [-0.1, -0.05) is 65.7 Å². The molecule has 4 aromatic rings. The molecule has 8 rings (SSSR count). The van der Waals surface area contributed by atoms with E-state index in [1.807, 2.05) is 0 Å². The van der Waals surface area contributed by atoms with Crippen molar-refractivity contribution in [2.75, 3.05) is 68.1 Å². The number of piperidine rings is 2. The van der Waals surface area contributed by atoms with E-state index in [-0.39, 0.29) is 66.7 Å². The predicted molar refractivity (Wildman–Crippen MR) is 282 cm³/mol. The van der Waals surface area contributed by atoms with Gasteiger partial charge >= 0.3 is 12.4 Å². The third-order valence-electron chi connectivity index (χ3n) is 16.0. The summed E-state index contributed by atoms with van der Waals surface area (Å²) in [4.78, 5) is 55.8. The standard InChI is InChI=1S/C30H36ClF3N2O5.C27H31ClF3N3O3/c1-35(2)27(37)25-12-11-24(18-26(25)31)41-22-9-7-19(8-10-22)20-13-15-36(16-14-20)28(38)29(39,30(32,33)34)21-5-4-6-23(17-21)40-3;1-33(2)23(35)21-9-8-20(16-22(21)28)37-15-10-19-17-25(19)11-13-34(14-12-25)24(36)26(32,27(29,30)31)18-6-4-3-5-7-18/h4-6,11-12,17-20,22,39H,7-10,13-16H2,1-3H3;3-9,16,19H,10-15,17,32H2,1-2H3/t19?,22?,29-;19-,26+/m10/s1. The Bertz CT molecular complexity index is 2760. The van der Waals surface area contributed by atoms with Crippen LogP contribution in [0, 0.1) is 23.2 Å². The molecule has 0 bridgehead atoms. The van der Waals surface area contributed by atoms with E-state index in [1.165, 1.54) is 58.2 Å². The normalized spacial score (nSPS) is 21.0. The lowest BCUT2D eigenvalue weighted by atomic mass is 9.75. The van der Waals surface area contributed by atoms with Crippen molar-refractivity contribution in [1.29, 1.82) is 0 Å². The zero-order valence-electron chi connectivity index (χ0n) is 44.3. The van der Waals surface area contributed by atoms with Crippen LogP contribution in [-0.2, 0) is 20.7 Å². The highest BCUT2D eigenvalue weighted by Gasteiger charge is 2.63. The number of aliphatic hydroxyl groups is 1. The molecule has 4 fully saturated rings. The number of amides is 4. The van der Waals surface area contributed by atoms with Gasteiger partial charge in [0.1, 0.15) is 17.2 Å². The first-order valence-corrected chi connectivity index (χ1v) is 26.7. The number of alkyl halides is 6. The van der Waals surface area contributed by atoms with Crippen LogP contribution in [0.25, 0.3) is 0 Å². The highest BCUT2D eigenvalue weighted by molar-refractivity contribution is 6.34. The SMILES string of the molecule is CN(C)C(=O)c1ccc(OCC[C@H]2CC23CCN(C(=O)[C@](N)(c2ccccc2)C(F)(F)F)CC3)cc1Cl.COc1cccc([C@@](O)(C(=O)N2CCC(C3CCC(Oc4ccc(C(=O)N(C)C)c(Cl)c4)CC3)CC2)C(F)(F)F)c1. The topological polar surface area (TPSA) is 155 Å². The molecule has 0 unspecified atom stereocenters. The number of hydrogen-bond acceptors (Lipinski definition) is 9. The Kier molecular flexibility index (Phi) is 18.7. The molecule has 3 N–H and O–H groups in total. The average molecular weight is 1140 g/mol. The zero-order valence-corrected chi connectivity index (χ0v) is 45.8. The van der Waals surface area contributed by atoms with E-state index >= 15 is 0 Å². The van der Waals surface area contributed by atoms with Crippen molar-refractivity contribution in [3.05, 3.63) is 123 Å². The molecule has 1 spiro atoms. The van der Waals surface area contributed by atoms with Crippen LogP contribution < -0.4 is 19.9 Å². The fraction of sp³-hybridized carbons (Fsp3) is 0.509. The Hall–Kier alpha value is -5.76. The number of methoxy groups -OCH3 is 1. The fourth-order valence-electron chi connectivity index (χ4n) is 11.2. The summed E-state index contributed by atoms with van der Waals surface area (Å²) in [5, 5.41) is 11.4. The minimum atomic E-state index is -5.20. The molecule has 4 aromatic carbocycles. The van der Waals surface area contributed by atoms with Crippen molar-refractivity contribution < 1.29 is 64.8 Å². The minimum Gasteiger partial charge on any atom is -0.497 e. The number of nitrogens with zero attached hydrogens (tertiary/aromatic N) is 4. The van der Waals surface area contributed by atoms with Crippen LogP contribution in [0.2, 0.25) is 10.0 Å². The van der Waals surface area contributed by atoms with Crippen molar-refractivity contribution in [2.24, 2.45) is 28.9 Å². The molecule has 4 amide bonds. The molecule has 0 aromatic heterocycles. The third-order valence-corrected chi connectivity index (χ3v) is 16.7. The first kappa shape index (κ1) is 59.9. The lowest BCUT2D eigenvalue weighted by Crippen LogP contribution is -2.62. The highest BCUT2D eigenvalue weighted by Crippen LogP contribution is 2.61. The average Bonchev–Trinajstić information content (AvgIpc) is 4.28. The van der Waals surface area contributed by atoms with Gasteiger partial charge in [0.05, 0.1) is 41.0 Å². The molecule has 2 aliphatic heterocycles. The molecule has 78 heavy (non-hydrogen) atoms. The van der Waals surface area contributed by atoms with E-state index in [0.717, 1.165) is 55.6 Å². The molecular formula is C57H67Cl2F6N5O8. The third kappa shape index (κ3) is 13.0.